The molecule has 104 valence electrons. The average Bonchev–Trinajstić information content (AvgIpc) is 2.31. The van der Waals surface area contributed by atoms with Gasteiger partial charge in [-0.25, -0.2) is 0 Å². The largest absolute Gasteiger partial charge is 0.399 e. The van der Waals surface area contributed by atoms with Crippen molar-refractivity contribution in [1.82, 2.24) is 4.90 Å². The zero-order chi connectivity index (χ0) is 14.0. The van der Waals surface area contributed by atoms with Crippen molar-refractivity contribution in [2.75, 3.05) is 18.8 Å². The molecule has 0 saturated carbocycles. The molecule has 1 amide bonds. The van der Waals surface area contributed by atoms with Crippen molar-refractivity contribution in [3.8, 4) is 0 Å². The van der Waals surface area contributed by atoms with E-state index in [0.717, 1.165) is 5.56 Å². The summed E-state index contributed by atoms with van der Waals surface area (Å²) < 4.78 is 36.2. The van der Waals surface area contributed by atoms with E-state index < -0.39 is 12.6 Å². The van der Waals surface area contributed by atoms with E-state index in [2.05, 4.69) is 0 Å². The second-order valence-corrected chi connectivity index (χ2v) is 4.68. The van der Waals surface area contributed by atoms with Gasteiger partial charge in [-0.05, 0) is 30.5 Å². The van der Waals surface area contributed by atoms with E-state index in [0.29, 0.717) is 24.2 Å². The third-order valence-electron chi connectivity index (χ3n) is 3.19. The second kappa shape index (κ2) is 5.11. The number of hydrogen-bond acceptors (Lipinski definition) is 2. The Morgan fingerprint density at radius 3 is 2.74 bits per heavy atom. The zero-order valence-electron chi connectivity index (χ0n) is 10.3. The number of nitrogen functional groups attached to an aromatic ring is 1. The summed E-state index contributed by atoms with van der Waals surface area (Å²) in [4.78, 5) is 13.6. The Labute approximate surface area is 109 Å². The van der Waals surface area contributed by atoms with Crippen LogP contribution in [0.4, 0.5) is 18.9 Å². The van der Waals surface area contributed by atoms with Crippen LogP contribution in [0.1, 0.15) is 28.8 Å². The number of fused-ring (bicyclic) bond motifs is 1. The van der Waals surface area contributed by atoms with Crippen LogP contribution in [0.2, 0.25) is 0 Å². The first-order valence-electron chi connectivity index (χ1n) is 6.11. The Balaban J connectivity index is 2.01. The van der Waals surface area contributed by atoms with Crippen molar-refractivity contribution >= 4 is 11.6 Å². The van der Waals surface area contributed by atoms with Crippen LogP contribution in [0.25, 0.3) is 0 Å². The molecule has 1 aromatic rings. The van der Waals surface area contributed by atoms with E-state index in [4.69, 9.17) is 5.73 Å². The number of hydrogen-bond donors (Lipinski definition) is 1. The van der Waals surface area contributed by atoms with E-state index in [9.17, 15) is 18.0 Å². The molecule has 6 heteroatoms. The SMILES string of the molecule is Nc1ccc2c(c1)C(=O)N(CCCC(F)(F)F)CC2. The van der Waals surface area contributed by atoms with Crippen LogP contribution in [-0.2, 0) is 6.42 Å². The molecule has 1 aromatic carbocycles. The molecular weight excluding hydrogens is 257 g/mol. The molecular formula is C13H15F3N2O. The molecule has 0 aromatic heterocycles. The van der Waals surface area contributed by atoms with Gasteiger partial charge in [-0.1, -0.05) is 6.07 Å². The lowest BCUT2D eigenvalue weighted by Crippen LogP contribution is -2.38. The molecule has 0 bridgehead atoms. The summed E-state index contributed by atoms with van der Waals surface area (Å²) in [5.41, 5.74) is 7.54. The van der Waals surface area contributed by atoms with Gasteiger partial charge in [-0.2, -0.15) is 13.2 Å². The smallest absolute Gasteiger partial charge is 0.389 e. The fourth-order valence-corrected chi connectivity index (χ4v) is 2.22. The first kappa shape index (κ1) is 13.7. The highest BCUT2D eigenvalue weighted by Crippen LogP contribution is 2.24. The van der Waals surface area contributed by atoms with E-state index >= 15 is 0 Å². The van der Waals surface area contributed by atoms with Crippen LogP contribution in [-0.4, -0.2) is 30.1 Å². The Morgan fingerprint density at radius 1 is 1.32 bits per heavy atom. The van der Waals surface area contributed by atoms with Gasteiger partial charge in [0.15, 0.2) is 0 Å². The predicted octanol–water partition coefficient (Wildman–Crippen LogP) is 2.61. The van der Waals surface area contributed by atoms with Crippen LogP contribution in [0.5, 0.6) is 0 Å². The lowest BCUT2D eigenvalue weighted by atomic mass is 9.98. The number of anilines is 1. The maximum absolute atomic E-state index is 12.1. The molecule has 0 aliphatic carbocycles. The molecule has 1 heterocycles. The summed E-state index contributed by atoms with van der Waals surface area (Å²) in [6.45, 7) is 0.597. The molecule has 2 rings (SSSR count). The van der Waals surface area contributed by atoms with Gasteiger partial charge in [0.25, 0.3) is 5.91 Å². The topological polar surface area (TPSA) is 46.3 Å². The fourth-order valence-electron chi connectivity index (χ4n) is 2.22. The number of amides is 1. The van der Waals surface area contributed by atoms with Gasteiger partial charge in [0, 0.05) is 30.8 Å². The van der Waals surface area contributed by atoms with Gasteiger partial charge in [0.1, 0.15) is 0 Å². The third kappa shape index (κ3) is 3.39. The summed E-state index contributed by atoms with van der Waals surface area (Å²) in [6.07, 6.45) is -4.43. The summed E-state index contributed by atoms with van der Waals surface area (Å²) in [5, 5.41) is 0. The summed E-state index contributed by atoms with van der Waals surface area (Å²) >= 11 is 0. The van der Waals surface area contributed by atoms with Gasteiger partial charge in [-0.3, -0.25) is 4.79 Å². The summed E-state index contributed by atoms with van der Waals surface area (Å²) in [5.74, 6) is -0.226. The second-order valence-electron chi connectivity index (χ2n) is 4.68. The number of benzene rings is 1. The Bertz CT molecular complexity index is 485. The number of rotatable bonds is 3. The molecule has 0 atom stereocenters. The van der Waals surface area contributed by atoms with Crippen LogP contribution in [0, 0.1) is 0 Å². The van der Waals surface area contributed by atoms with Crippen molar-refractivity contribution in [1.29, 1.82) is 0 Å². The number of nitrogens with zero attached hydrogens (tertiary/aromatic N) is 1. The van der Waals surface area contributed by atoms with Crippen molar-refractivity contribution in [2.24, 2.45) is 0 Å². The molecule has 0 spiro atoms. The monoisotopic (exact) mass is 272 g/mol. The maximum atomic E-state index is 12.1. The lowest BCUT2D eigenvalue weighted by molar-refractivity contribution is -0.136. The number of carbonyl (C=O) groups is 1. The Hall–Kier alpha value is -1.72. The highest BCUT2D eigenvalue weighted by atomic mass is 19.4. The number of halogens is 3. The van der Waals surface area contributed by atoms with Gasteiger partial charge < -0.3 is 10.6 Å². The molecule has 3 nitrogen and oxygen atoms in total. The van der Waals surface area contributed by atoms with E-state index in [1.165, 1.54) is 4.90 Å². The molecule has 1 aliphatic heterocycles. The number of carbonyl (C=O) groups excluding carboxylic acids is 1. The van der Waals surface area contributed by atoms with E-state index in [1.54, 1.807) is 18.2 Å². The standard InChI is InChI=1S/C13H15F3N2O/c14-13(15,16)5-1-6-18-7-4-9-2-3-10(17)8-11(9)12(18)19/h2-3,8H,1,4-7,17H2. The Kier molecular flexibility index (Phi) is 3.68. The first-order chi connectivity index (χ1) is 8.87. The normalized spacial score (nSPS) is 15.5. The van der Waals surface area contributed by atoms with Gasteiger partial charge in [0.2, 0.25) is 0 Å². The molecule has 0 unspecified atom stereocenters. The molecule has 2 N–H and O–H groups in total. The zero-order valence-corrected chi connectivity index (χ0v) is 10.3. The minimum Gasteiger partial charge on any atom is -0.399 e. The molecule has 0 fully saturated rings. The maximum Gasteiger partial charge on any atom is 0.389 e. The third-order valence-corrected chi connectivity index (χ3v) is 3.19. The van der Waals surface area contributed by atoms with E-state index in [-0.39, 0.29) is 18.9 Å². The van der Waals surface area contributed by atoms with Gasteiger partial charge in [0.05, 0.1) is 0 Å². The first-order valence-corrected chi connectivity index (χ1v) is 6.11. The molecule has 19 heavy (non-hydrogen) atoms. The van der Waals surface area contributed by atoms with Gasteiger partial charge in [-0.15, -0.1) is 0 Å². The summed E-state index contributed by atoms with van der Waals surface area (Å²) in [6, 6.07) is 5.12. The fraction of sp³-hybridized carbons (Fsp3) is 0.462. The van der Waals surface area contributed by atoms with E-state index in [1.807, 2.05) is 0 Å². The van der Waals surface area contributed by atoms with Crippen molar-refractivity contribution in [3.63, 3.8) is 0 Å². The number of nitrogens with two attached hydrogens (primary N) is 1. The van der Waals surface area contributed by atoms with Crippen LogP contribution >= 0.6 is 0 Å². The highest BCUT2D eigenvalue weighted by Gasteiger charge is 2.28. The Morgan fingerprint density at radius 2 is 2.05 bits per heavy atom. The molecule has 1 aliphatic rings. The minimum absolute atomic E-state index is 0.0626. The van der Waals surface area contributed by atoms with Crippen molar-refractivity contribution < 1.29 is 18.0 Å². The number of alkyl halides is 3. The van der Waals surface area contributed by atoms with Crippen LogP contribution in [0.15, 0.2) is 18.2 Å². The quantitative estimate of drug-likeness (QED) is 0.860. The lowest BCUT2D eigenvalue weighted by Gasteiger charge is -2.28. The van der Waals surface area contributed by atoms with Crippen LogP contribution < -0.4 is 5.73 Å². The summed E-state index contributed by atoms with van der Waals surface area (Å²) in [7, 11) is 0. The average molecular weight is 272 g/mol. The van der Waals surface area contributed by atoms with Crippen molar-refractivity contribution in [2.45, 2.75) is 25.4 Å². The van der Waals surface area contributed by atoms with Gasteiger partial charge >= 0.3 is 6.18 Å². The van der Waals surface area contributed by atoms with Crippen LogP contribution in [0.3, 0.4) is 0 Å². The molecule has 0 radical (unpaired) electrons. The predicted molar refractivity (Wildman–Crippen MR) is 65.8 cm³/mol. The molecule has 0 saturated heterocycles. The highest BCUT2D eigenvalue weighted by molar-refractivity contribution is 5.97. The van der Waals surface area contributed by atoms with Crippen molar-refractivity contribution in [3.05, 3.63) is 29.3 Å². The minimum atomic E-state index is -4.17.